The van der Waals surface area contributed by atoms with E-state index in [1.54, 1.807) is 18.2 Å². The lowest BCUT2D eigenvalue weighted by molar-refractivity contribution is 0.553. The molecule has 0 nitrogen and oxygen atoms in total. The second-order valence-electron chi connectivity index (χ2n) is 4.07. The molecule has 0 aliphatic heterocycles. The molecule has 1 unspecified atom stereocenters. The first-order chi connectivity index (χ1) is 8.97. The van der Waals surface area contributed by atoms with E-state index in [1.807, 2.05) is 0 Å². The van der Waals surface area contributed by atoms with Crippen molar-refractivity contribution in [1.82, 2.24) is 0 Å². The van der Waals surface area contributed by atoms with Gasteiger partial charge in [0.15, 0.2) is 0 Å². The third kappa shape index (κ3) is 3.68. The molecule has 0 N–H and O–H groups in total. The lowest BCUT2D eigenvalue weighted by Gasteiger charge is -2.12. The van der Waals surface area contributed by atoms with Crippen molar-refractivity contribution in [1.29, 1.82) is 0 Å². The molecule has 0 saturated carbocycles. The van der Waals surface area contributed by atoms with Crippen molar-refractivity contribution < 1.29 is 8.78 Å². The highest BCUT2D eigenvalue weighted by Gasteiger charge is 2.16. The summed E-state index contributed by atoms with van der Waals surface area (Å²) in [5.74, 6) is -1.18. The molecular weight excluding hydrogens is 357 g/mol. The van der Waals surface area contributed by atoms with E-state index in [0.717, 1.165) is 4.47 Å². The fraction of sp³-hybridized carbons (Fsp3) is 0.143. The maximum atomic E-state index is 13.6. The Hall–Kier alpha value is -0.640. The van der Waals surface area contributed by atoms with Crippen LogP contribution in [0, 0.1) is 11.6 Å². The van der Waals surface area contributed by atoms with Gasteiger partial charge in [-0.15, -0.1) is 11.6 Å². The minimum atomic E-state index is -0.591. The highest BCUT2D eigenvalue weighted by atomic mass is 79.9. The Bertz CT molecular complexity index is 561. The van der Waals surface area contributed by atoms with Gasteiger partial charge in [0.25, 0.3) is 0 Å². The standard InChI is InChI=1S/C14H9BrCl2F2/c15-9-4-8(5-10(16)6-9)12(17)7-11-13(18)2-1-3-14(11)19/h1-6,12H,7H2. The summed E-state index contributed by atoms with van der Waals surface area (Å²) >= 11 is 15.4. The van der Waals surface area contributed by atoms with Gasteiger partial charge in [-0.05, 0) is 42.3 Å². The number of alkyl halides is 1. The van der Waals surface area contributed by atoms with Crippen LogP contribution in [0.4, 0.5) is 8.78 Å². The molecule has 0 spiro atoms. The van der Waals surface area contributed by atoms with Gasteiger partial charge in [0, 0.05) is 15.1 Å². The molecule has 2 rings (SSSR count). The van der Waals surface area contributed by atoms with Gasteiger partial charge in [-0.25, -0.2) is 8.78 Å². The van der Waals surface area contributed by atoms with Crippen molar-refractivity contribution in [3.8, 4) is 0 Å². The smallest absolute Gasteiger partial charge is 0.129 e. The zero-order valence-corrected chi connectivity index (χ0v) is 12.7. The average Bonchev–Trinajstić information content (AvgIpc) is 2.32. The van der Waals surface area contributed by atoms with E-state index in [1.165, 1.54) is 18.2 Å². The Morgan fingerprint density at radius 3 is 2.32 bits per heavy atom. The summed E-state index contributed by atoms with van der Waals surface area (Å²) < 4.78 is 27.9. The van der Waals surface area contributed by atoms with Gasteiger partial charge in [-0.2, -0.15) is 0 Å². The fourth-order valence-corrected chi connectivity index (χ4v) is 2.95. The fourth-order valence-electron chi connectivity index (χ4n) is 1.78. The molecule has 0 aliphatic carbocycles. The van der Waals surface area contributed by atoms with Crippen LogP contribution in [0.2, 0.25) is 5.02 Å². The molecular formula is C14H9BrCl2F2. The average molecular weight is 366 g/mol. The van der Waals surface area contributed by atoms with Gasteiger partial charge in [-0.3, -0.25) is 0 Å². The van der Waals surface area contributed by atoms with Crippen LogP contribution in [-0.4, -0.2) is 0 Å². The number of rotatable bonds is 3. The van der Waals surface area contributed by atoms with Gasteiger partial charge >= 0.3 is 0 Å². The second kappa shape index (κ2) is 6.21. The predicted octanol–water partition coefficient (Wildman–Crippen LogP) is 5.90. The minimum Gasteiger partial charge on any atom is -0.207 e. The third-order valence-electron chi connectivity index (χ3n) is 2.69. The maximum Gasteiger partial charge on any atom is 0.129 e. The summed E-state index contributed by atoms with van der Waals surface area (Å²) in [6.45, 7) is 0. The van der Waals surface area contributed by atoms with E-state index < -0.39 is 17.0 Å². The van der Waals surface area contributed by atoms with Crippen molar-refractivity contribution in [3.05, 3.63) is 68.7 Å². The summed E-state index contributed by atoms with van der Waals surface area (Å²) in [5, 5.41) is -0.0366. The van der Waals surface area contributed by atoms with E-state index >= 15 is 0 Å². The van der Waals surface area contributed by atoms with Crippen LogP contribution in [0.1, 0.15) is 16.5 Å². The van der Waals surface area contributed by atoms with Gasteiger partial charge in [0.05, 0.1) is 5.38 Å². The molecule has 0 bridgehead atoms. The van der Waals surface area contributed by atoms with E-state index in [9.17, 15) is 8.78 Å². The van der Waals surface area contributed by atoms with Crippen molar-refractivity contribution in [2.24, 2.45) is 0 Å². The first-order valence-electron chi connectivity index (χ1n) is 5.50. The number of halogens is 5. The van der Waals surface area contributed by atoms with Gasteiger partial charge in [0.2, 0.25) is 0 Å². The molecule has 2 aromatic carbocycles. The zero-order valence-electron chi connectivity index (χ0n) is 9.64. The SMILES string of the molecule is Fc1cccc(F)c1CC(Cl)c1cc(Cl)cc(Br)c1. The number of hydrogen-bond acceptors (Lipinski definition) is 0. The normalized spacial score (nSPS) is 12.5. The van der Waals surface area contributed by atoms with Crippen LogP contribution in [0.15, 0.2) is 40.9 Å². The molecule has 1 atom stereocenters. The van der Waals surface area contributed by atoms with Crippen molar-refractivity contribution >= 4 is 39.1 Å². The molecule has 0 saturated heterocycles. The summed E-state index contributed by atoms with van der Waals surface area (Å²) in [6, 6.07) is 8.95. The summed E-state index contributed by atoms with van der Waals surface area (Å²) in [6.07, 6.45) is 0.0623. The van der Waals surface area contributed by atoms with E-state index in [4.69, 9.17) is 23.2 Å². The Morgan fingerprint density at radius 1 is 1.11 bits per heavy atom. The van der Waals surface area contributed by atoms with Crippen LogP contribution in [0.3, 0.4) is 0 Å². The highest BCUT2D eigenvalue weighted by Crippen LogP contribution is 2.31. The highest BCUT2D eigenvalue weighted by molar-refractivity contribution is 9.10. The first kappa shape index (κ1) is 14.8. The van der Waals surface area contributed by atoms with E-state index in [0.29, 0.717) is 10.6 Å². The third-order valence-corrected chi connectivity index (χ3v) is 3.77. The lowest BCUT2D eigenvalue weighted by Crippen LogP contribution is -2.01. The Labute approximate surface area is 128 Å². The van der Waals surface area contributed by atoms with Crippen molar-refractivity contribution in [2.45, 2.75) is 11.8 Å². The number of hydrogen-bond donors (Lipinski definition) is 0. The molecule has 5 heteroatoms. The largest absolute Gasteiger partial charge is 0.207 e. The van der Waals surface area contributed by atoms with Gasteiger partial charge in [-0.1, -0.05) is 33.6 Å². The Balaban J connectivity index is 2.28. The summed E-state index contributed by atoms with van der Waals surface area (Å²) in [4.78, 5) is 0. The zero-order chi connectivity index (χ0) is 14.0. The molecule has 100 valence electrons. The molecule has 0 radical (unpaired) electrons. The monoisotopic (exact) mass is 364 g/mol. The quantitative estimate of drug-likeness (QED) is 0.593. The van der Waals surface area contributed by atoms with Crippen LogP contribution < -0.4 is 0 Å². The molecule has 19 heavy (non-hydrogen) atoms. The second-order valence-corrected chi connectivity index (χ2v) is 5.95. The minimum absolute atomic E-state index is 0.0152. The first-order valence-corrected chi connectivity index (χ1v) is 7.11. The van der Waals surface area contributed by atoms with E-state index in [-0.39, 0.29) is 12.0 Å². The Kier molecular flexibility index (Phi) is 4.82. The molecule has 0 heterocycles. The van der Waals surface area contributed by atoms with Crippen LogP contribution >= 0.6 is 39.1 Å². The topological polar surface area (TPSA) is 0 Å². The molecule has 0 amide bonds. The molecule has 0 fully saturated rings. The number of benzene rings is 2. The summed E-state index contributed by atoms with van der Waals surface area (Å²) in [5.41, 5.74) is 0.697. The van der Waals surface area contributed by atoms with E-state index in [2.05, 4.69) is 15.9 Å². The molecule has 2 aromatic rings. The maximum absolute atomic E-state index is 13.6. The van der Waals surface area contributed by atoms with Gasteiger partial charge in [0.1, 0.15) is 11.6 Å². The lowest BCUT2D eigenvalue weighted by atomic mass is 10.0. The van der Waals surface area contributed by atoms with Crippen LogP contribution in [0.25, 0.3) is 0 Å². The van der Waals surface area contributed by atoms with Crippen molar-refractivity contribution in [3.63, 3.8) is 0 Å². The molecule has 0 aliphatic rings. The summed E-state index contributed by atoms with van der Waals surface area (Å²) in [7, 11) is 0. The van der Waals surface area contributed by atoms with Crippen molar-refractivity contribution in [2.75, 3.05) is 0 Å². The predicted molar refractivity (Wildman–Crippen MR) is 77.8 cm³/mol. The Morgan fingerprint density at radius 2 is 1.74 bits per heavy atom. The molecule has 0 aromatic heterocycles. The van der Waals surface area contributed by atoms with Crippen LogP contribution in [0.5, 0.6) is 0 Å². The van der Waals surface area contributed by atoms with Crippen LogP contribution in [-0.2, 0) is 6.42 Å². The van der Waals surface area contributed by atoms with Gasteiger partial charge < -0.3 is 0 Å².